The third kappa shape index (κ3) is 3.51. The molecule has 0 aromatic heterocycles. The Bertz CT molecular complexity index is 529. The fourth-order valence-electron chi connectivity index (χ4n) is 4.35. The van der Waals surface area contributed by atoms with Gasteiger partial charge in [0.2, 0.25) is 11.8 Å². The first kappa shape index (κ1) is 16.1. The second kappa shape index (κ2) is 6.51. The predicted molar refractivity (Wildman–Crippen MR) is 89.9 cm³/mol. The van der Waals surface area contributed by atoms with Gasteiger partial charge in [-0.25, -0.2) is 0 Å². The van der Waals surface area contributed by atoms with E-state index in [0.29, 0.717) is 17.8 Å². The molecule has 2 N–H and O–H groups in total. The summed E-state index contributed by atoms with van der Waals surface area (Å²) in [6.07, 6.45) is 10.4. The van der Waals surface area contributed by atoms with Crippen molar-refractivity contribution in [2.24, 2.45) is 23.5 Å². The molecule has 2 saturated carbocycles. The Morgan fingerprint density at radius 3 is 2.04 bits per heavy atom. The second-order valence-corrected chi connectivity index (χ2v) is 8.00. The van der Waals surface area contributed by atoms with E-state index in [1.54, 1.807) is 0 Å². The highest BCUT2D eigenvalue weighted by molar-refractivity contribution is 5.88. The molecule has 2 aliphatic heterocycles. The molecule has 132 valence electrons. The van der Waals surface area contributed by atoms with Gasteiger partial charge in [-0.15, -0.1) is 0 Å². The van der Waals surface area contributed by atoms with Crippen molar-refractivity contribution in [3.8, 4) is 0 Å². The summed E-state index contributed by atoms with van der Waals surface area (Å²) in [7, 11) is 0. The zero-order chi connectivity index (χ0) is 16.7. The van der Waals surface area contributed by atoms with Crippen molar-refractivity contribution in [1.82, 2.24) is 4.90 Å². The van der Waals surface area contributed by atoms with Crippen molar-refractivity contribution >= 4 is 11.8 Å². The zero-order valence-corrected chi connectivity index (χ0v) is 14.3. The van der Waals surface area contributed by atoms with Gasteiger partial charge in [0.25, 0.3) is 0 Å². The van der Waals surface area contributed by atoms with E-state index in [-0.39, 0.29) is 17.9 Å². The van der Waals surface area contributed by atoms with Crippen molar-refractivity contribution < 1.29 is 14.3 Å². The van der Waals surface area contributed by atoms with E-state index in [2.05, 4.69) is 0 Å². The minimum absolute atomic E-state index is 0.142. The molecular weight excluding hydrogens is 304 g/mol. The summed E-state index contributed by atoms with van der Waals surface area (Å²) in [6.45, 7) is 1.62. The van der Waals surface area contributed by atoms with Crippen LogP contribution in [-0.4, -0.2) is 42.0 Å². The van der Waals surface area contributed by atoms with E-state index < -0.39 is 6.10 Å². The molecule has 4 rings (SSSR count). The molecule has 2 saturated heterocycles. The van der Waals surface area contributed by atoms with E-state index in [0.717, 1.165) is 38.8 Å². The summed E-state index contributed by atoms with van der Waals surface area (Å²) in [5.74, 6) is 1.73. The average molecular weight is 332 g/mol. The molecule has 0 aromatic carbocycles. The minimum atomic E-state index is -0.405. The van der Waals surface area contributed by atoms with E-state index in [1.165, 1.54) is 31.3 Å². The van der Waals surface area contributed by atoms with Gasteiger partial charge in [0, 0.05) is 19.2 Å². The number of carbonyl (C=O) groups excluding carboxylic acids is 2. The Hall–Kier alpha value is -1.36. The number of nitrogens with zero attached hydrogens (tertiary/aromatic N) is 1. The van der Waals surface area contributed by atoms with Crippen molar-refractivity contribution in [2.45, 2.75) is 63.6 Å². The molecule has 2 aliphatic carbocycles. The molecule has 0 unspecified atom stereocenters. The van der Waals surface area contributed by atoms with E-state index in [4.69, 9.17) is 10.5 Å². The van der Waals surface area contributed by atoms with E-state index >= 15 is 0 Å². The Morgan fingerprint density at radius 2 is 1.54 bits per heavy atom. The van der Waals surface area contributed by atoms with E-state index in [9.17, 15) is 9.59 Å². The molecule has 24 heavy (non-hydrogen) atoms. The number of carbonyl (C=O) groups is 2. The Kier molecular flexibility index (Phi) is 4.37. The lowest BCUT2D eigenvalue weighted by Crippen LogP contribution is -2.41. The molecule has 4 fully saturated rings. The zero-order valence-electron chi connectivity index (χ0n) is 14.3. The van der Waals surface area contributed by atoms with Gasteiger partial charge in [-0.3, -0.25) is 9.59 Å². The first-order valence-corrected chi connectivity index (χ1v) is 9.57. The summed E-state index contributed by atoms with van der Waals surface area (Å²) >= 11 is 0. The lowest BCUT2D eigenvalue weighted by molar-refractivity contribution is -0.131. The minimum Gasteiger partial charge on any atom is -0.367 e. The first-order chi connectivity index (χ1) is 11.6. The van der Waals surface area contributed by atoms with Gasteiger partial charge in [-0.05, 0) is 69.1 Å². The molecule has 5 nitrogen and oxygen atoms in total. The van der Waals surface area contributed by atoms with Gasteiger partial charge in [0.1, 0.15) is 6.10 Å². The highest BCUT2D eigenvalue weighted by Crippen LogP contribution is 2.48. The molecule has 0 bridgehead atoms. The largest absolute Gasteiger partial charge is 0.367 e. The third-order valence-electron chi connectivity index (χ3n) is 6.13. The summed E-state index contributed by atoms with van der Waals surface area (Å²) < 4.78 is 5.81. The number of rotatable bonds is 5. The quantitative estimate of drug-likeness (QED) is 0.783. The van der Waals surface area contributed by atoms with Crippen LogP contribution in [0.1, 0.15) is 51.4 Å². The monoisotopic (exact) mass is 332 g/mol. The highest BCUT2D eigenvalue weighted by atomic mass is 16.5. The number of allylic oxidation sites excluding steroid dienone is 1. The number of nitrogens with two attached hydrogens (primary N) is 1. The van der Waals surface area contributed by atoms with Crippen LogP contribution in [0.3, 0.4) is 0 Å². The van der Waals surface area contributed by atoms with Gasteiger partial charge in [0.15, 0.2) is 0 Å². The standard InChI is InChI=1S/C19H28N2O3/c20-19(23)17-6-5-16(24-17)14-7-9-21(10-8-14)18(22)11-15(12-1-2-12)13-3-4-13/h11-14,16-17H,1-10H2,(H2,20,23)/t16-,17+/m0/s1. The van der Waals surface area contributed by atoms with Crippen LogP contribution in [0.4, 0.5) is 0 Å². The number of ether oxygens (including phenoxy) is 1. The maximum absolute atomic E-state index is 12.6. The van der Waals surface area contributed by atoms with Gasteiger partial charge >= 0.3 is 0 Å². The normalized spacial score (nSPS) is 31.1. The van der Waals surface area contributed by atoms with Gasteiger partial charge in [-0.1, -0.05) is 5.57 Å². The fraction of sp³-hybridized carbons (Fsp3) is 0.789. The Labute approximate surface area is 143 Å². The van der Waals surface area contributed by atoms with Gasteiger partial charge in [0.05, 0.1) is 6.10 Å². The molecule has 0 spiro atoms. The summed E-state index contributed by atoms with van der Waals surface area (Å²) in [6, 6.07) is 0. The summed E-state index contributed by atoms with van der Waals surface area (Å²) in [5.41, 5.74) is 6.77. The van der Waals surface area contributed by atoms with Crippen LogP contribution in [0, 0.1) is 17.8 Å². The molecule has 0 aromatic rings. The van der Waals surface area contributed by atoms with Crippen LogP contribution in [0.2, 0.25) is 0 Å². The Morgan fingerprint density at radius 1 is 0.917 bits per heavy atom. The lowest BCUT2D eigenvalue weighted by Gasteiger charge is -2.34. The third-order valence-corrected chi connectivity index (χ3v) is 6.13. The SMILES string of the molecule is NC(=O)[C@H]1CC[C@@H](C2CCN(C(=O)C=C(C3CC3)C3CC3)CC2)O1. The first-order valence-electron chi connectivity index (χ1n) is 9.57. The van der Waals surface area contributed by atoms with Crippen molar-refractivity contribution in [2.75, 3.05) is 13.1 Å². The molecular formula is C19H28N2O3. The molecule has 5 heteroatoms. The van der Waals surface area contributed by atoms with Crippen molar-refractivity contribution in [3.63, 3.8) is 0 Å². The topological polar surface area (TPSA) is 72.6 Å². The highest BCUT2D eigenvalue weighted by Gasteiger charge is 2.38. The molecule has 2 heterocycles. The van der Waals surface area contributed by atoms with E-state index in [1.807, 2.05) is 11.0 Å². The maximum atomic E-state index is 12.6. The van der Waals surface area contributed by atoms with Crippen LogP contribution in [-0.2, 0) is 14.3 Å². The number of amides is 2. The Balaban J connectivity index is 1.29. The smallest absolute Gasteiger partial charge is 0.246 e. The van der Waals surface area contributed by atoms with Crippen LogP contribution in [0.5, 0.6) is 0 Å². The molecule has 0 radical (unpaired) electrons. The summed E-state index contributed by atoms with van der Waals surface area (Å²) in [5, 5.41) is 0. The molecule has 2 amide bonds. The number of piperidine rings is 1. The molecule has 2 atom stereocenters. The van der Waals surface area contributed by atoms with Crippen LogP contribution in [0.25, 0.3) is 0 Å². The predicted octanol–water partition coefficient (Wildman–Crippen LogP) is 2.00. The van der Waals surface area contributed by atoms with Gasteiger partial charge < -0.3 is 15.4 Å². The molecule has 4 aliphatic rings. The summed E-state index contributed by atoms with van der Waals surface area (Å²) in [4.78, 5) is 25.8. The van der Waals surface area contributed by atoms with Crippen LogP contribution < -0.4 is 5.73 Å². The maximum Gasteiger partial charge on any atom is 0.246 e. The van der Waals surface area contributed by atoms with Crippen molar-refractivity contribution in [1.29, 1.82) is 0 Å². The fourth-order valence-corrected chi connectivity index (χ4v) is 4.35. The average Bonchev–Trinajstić information content (AvgIpc) is 3.51. The number of hydrogen-bond acceptors (Lipinski definition) is 3. The second-order valence-electron chi connectivity index (χ2n) is 8.00. The number of likely N-dealkylation sites (tertiary alicyclic amines) is 1. The number of primary amides is 1. The van der Waals surface area contributed by atoms with Gasteiger partial charge in [-0.2, -0.15) is 0 Å². The lowest BCUT2D eigenvalue weighted by atomic mass is 9.89. The van der Waals surface area contributed by atoms with Crippen LogP contribution >= 0.6 is 0 Å². The van der Waals surface area contributed by atoms with Crippen LogP contribution in [0.15, 0.2) is 11.6 Å². The number of hydrogen-bond donors (Lipinski definition) is 1. The van der Waals surface area contributed by atoms with Crippen molar-refractivity contribution in [3.05, 3.63) is 11.6 Å².